The number of phenolic OH excluding ortho intramolecular Hbond substituents is 1. The molecular formula is C27H28N6O4. The second kappa shape index (κ2) is 10.8. The molecule has 3 heterocycles. The summed E-state index contributed by atoms with van der Waals surface area (Å²) in [6.07, 6.45) is 3.60. The summed E-state index contributed by atoms with van der Waals surface area (Å²) in [7, 11) is 0. The number of nitrogens with zero attached hydrogens (tertiary/aromatic N) is 5. The number of aromatic hydroxyl groups is 1. The summed E-state index contributed by atoms with van der Waals surface area (Å²) in [5.41, 5.74) is 3.42. The normalized spacial score (nSPS) is 17.4. The van der Waals surface area contributed by atoms with Gasteiger partial charge in [-0.15, -0.1) is 0 Å². The van der Waals surface area contributed by atoms with Crippen molar-refractivity contribution in [2.45, 2.75) is 25.0 Å². The van der Waals surface area contributed by atoms with E-state index in [4.69, 9.17) is 9.84 Å². The average molecular weight is 501 g/mol. The second-order valence-electron chi connectivity index (χ2n) is 9.19. The minimum atomic E-state index is -0.452. The smallest absolute Gasteiger partial charge is 0.248 e. The number of hydrogen-bond acceptors (Lipinski definition) is 9. The Labute approximate surface area is 214 Å². The zero-order valence-electron chi connectivity index (χ0n) is 20.2. The number of phenols is 1. The zero-order chi connectivity index (χ0) is 25.8. The minimum absolute atomic E-state index is 0.0464. The van der Waals surface area contributed by atoms with Crippen molar-refractivity contribution in [3.05, 3.63) is 60.3 Å². The van der Waals surface area contributed by atoms with Gasteiger partial charge in [-0.2, -0.15) is 5.26 Å². The fourth-order valence-electron chi connectivity index (χ4n) is 4.70. The SMILES string of the molecule is N#Cc1cc(-c2ccnc(Nc3cccc(N4CC(OCC5CCCN5C(=O)CO)C4)c3)n2)ccc1O. The van der Waals surface area contributed by atoms with Gasteiger partial charge in [0.2, 0.25) is 11.9 Å². The number of amides is 1. The molecule has 10 heteroatoms. The van der Waals surface area contributed by atoms with E-state index < -0.39 is 6.61 Å². The molecule has 2 aliphatic heterocycles. The fraction of sp³-hybridized carbons (Fsp3) is 0.333. The first-order valence-corrected chi connectivity index (χ1v) is 12.2. The third-order valence-corrected chi connectivity index (χ3v) is 6.74. The van der Waals surface area contributed by atoms with E-state index in [1.165, 1.54) is 6.07 Å². The van der Waals surface area contributed by atoms with Crippen LogP contribution in [0.2, 0.25) is 0 Å². The lowest BCUT2D eigenvalue weighted by atomic mass is 10.1. The van der Waals surface area contributed by atoms with E-state index in [9.17, 15) is 15.2 Å². The Hall–Kier alpha value is -4.20. The Morgan fingerprint density at radius 3 is 2.89 bits per heavy atom. The molecule has 3 N–H and O–H groups in total. The monoisotopic (exact) mass is 500 g/mol. The molecule has 3 aromatic rings. The molecule has 2 saturated heterocycles. The van der Waals surface area contributed by atoms with E-state index in [1.807, 2.05) is 30.3 Å². The average Bonchev–Trinajstić information content (AvgIpc) is 3.36. The summed E-state index contributed by atoms with van der Waals surface area (Å²) >= 11 is 0. The third-order valence-electron chi connectivity index (χ3n) is 6.74. The van der Waals surface area contributed by atoms with Crippen molar-refractivity contribution in [2.24, 2.45) is 0 Å². The van der Waals surface area contributed by atoms with Gasteiger partial charge in [0.05, 0.1) is 30.0 Å². The molecule has 5 rings (SSSR count). The summed E-state index contributed by atoms with van der Waals surface area (Å²) in [5.74, 6) is 0.131. The summed E-state index contributed by atoms with van der Waals surface area (Å²) in [6.45, 7) is 2.26. The number of anilines is 3. The van der Waals surface area contributed by atoms with E-state index >= 15 is 0 Å². The molecule has 2 aliphatic rings. The van der Waals surface area contributed by atoms with Crippen molar-refractivity contribution in [3.63, 3.8) is 0 Å². The van der Waals surface area contributed by atoms with Crippen LogP contribution in [0.1, 0.15) is 18.4 Å². The molecule has 10 nitrogen and oxygen atoms in total. The first-order chi connectivity index (χ1) is 18.0. The van der Waals surface area contributed by atoms with Crippen LogP contribution in [0, 0.1) is 11.3 Å². The van der Waals surface area contributed by atoms with Crippen LogP contribution in [0.5, 0.6) is 5.75 Å². The Balaban J connectivity index is 1.17. The lowest BCUT2D eigenvalue weighted by molar-refractivity contribution is -0.136. The van der Waals surface area contributed by atoms with Gasteiger partial charge in [-0.05, 0) is 55.3 Å². The molecule has 1 aromatic heterocycles. The molecule has 0 spiro atoms. The number of carbonyl (C=O) groups is 1. The molecule has 0 radical (unpaired) electrons. The van der Waals surface area contributed by atoms with Crippen LogP contribution in [-0.4, -0.2) is 76.0 Å². The number of nitrogens with one attached hydrogen (secondary N) is 1. The third kappa shape index (κ3) is 5.48. The molecular weight excluding hydrogens is 472 g/mol. The Kier molecular flexibility index (Phi) is 7.16. The van der Waals surface area contributed by atoms with E-state index in [2.05, 4.69) is 20.2 Å². The molecule has 2 aromatic carbocycles. The molecule has 190 valence electrons. The first kappa shape index (κ1) is 24.5. The fourth-order valence-corrected chi connectivity index (χ4v) is 4.70. The molecule has 1 amide bonds. The van der Waals surface area contributed by atoms with Crippen molar-refractivity contribution in [1.29, 1.82) is 5.26 Å². The van der Waals surface area contributed by atoms with Gasteiger partial charge in [-0.1, -0.05) is 6.07 Å². The van der Waals surface area contributed by atoms with Crippen molar-refractivity contribution in [2.75, 3.05) is 43.1 Å². The molecule has 1 unspecified atom stereocenters. The molecule has 0 saturated carbocycles. The Morgan fingerprint density at radius 1 is 1.22 bits per heavy atom. The summed E-state index contributed by atoms with van der Waals surface area (Å²) in [5, 5.41) is 31.3. The number of rotatable bonds is 8. The molecule has 37 heavy (non-hydrogen) atoms. The number of aromatic nitrogens is 2. The molecule has 0 aliphatic carbocycles. The maximum atomic E-state index is 11.9. The minimum Gasteiger partial charge on any atom is -0.507 e. The zero-order valence-corrected chi connectivity index (χ0v) is 20.2. The Bertz CT molecular complexity index is 1320. The molecule has 1 atom stereocenters. The van der Waals surface area contributed by atoms with Crippen LogP contribution in [0.15, 0.2) is 54.7 Å². The van der Waals surface area contributed by atoms with Gasteiger partial charge in [0.15, 0.2) is 0 Å². The highest BCUT2D eigenvalue weighted by Gasteiger charge is 2.32. The number of aliphatic hydroxyl groups is 1. The van der Waals surface area contributed by atoms with Crippen LogP contribution < -0.4 is 10.2 Å². The highest BCUT2D eigenvalue weighted by Crippen LogP contribution is 2.28. The van der Waals surface area contributed by atoms with Gasteiger partial charge >= 0.3 is 0 Å². The first-order valence-electron chi connectivity index (χ1n) is 12.2. The van der Waals surface area contributed by atoms with Gasteiger partial charge in [0.25, 0.3) is 0 Å². The number of carbonyl (C=O) groups excluding carboxylic acids is 1. The summed E-state index contributed by atoms with van der Waals surface area (Å²) in [4.78, 5) is 24.7. The van der Waals surface area contributed by atoms with Crippen molar-refractivity contribution in [3.8, 4) is 23.1 Å². The highest BCUT2D eigenvalue weighted by molar-refractivity contribution is 5.77. The lowest BCUT2D eigenvalue weighted by Crippen LogP contribution is -2.53. The standard InChI is InChI=1S/C27H28N6O4/c28-13-19-11-18(6-7-25(19)35)24-8-9-29-27(31-24)30-20-3-1-4-21(12-20)32-14-23(15-32)37-17-22-5-2-10-33(22)26(36)16-34/h1,3-4,6-9,11-12,22-23,34-35H,2,5,10,14-17H2,(H,29,30,31). The van der Waals surface area contributed by atoms with Crippen molar-refractivity contribution >= 4 is 23.2 Å². The van der Waals surface area contributed by atoms with E-state index in [-0.39, 0.29) is 29.4 Å². The highest BCUT2D eigenvalue weighted by atomic mass is 16.5. The Morgan fingerprint density at radius 2 is 2.08 bits per heavy atom. The molecule has 0 bridgehead atoms. The molecule has 2 fully saturated rings. The van der Waals surface area contributed by atoms with Gasteiger partial charge in [-0.3, -0.25) is 4.79 Å². The summed E-state index contributed by atoms with van der Waals surface area (Å²) in [6, 6.07) is 16.5. The number of hydrogen-bond donors (Lipinski definition) is 3. The topological polar surface area (TPSA) is 135 Å². The number of aliphatic hydroxyl groups excluding tert-OH is 1. The van der Waals surface area contributed by atoms with E-state index in [0.29, 0.717) is 30.4 Å². The largest absolute Gasteiger partial charge is 0.507 e. The van der Waals surface area contributed by atoms with E-state index in [1.54, 1.807) is 29.3 Å². The van der Waals surface area contributed by atoms with Gasteiger partial charge in [0, 0.05) is 42.8 Å². The predicted octanol–water partition coefficient (Wildman–Crippen LogP) is 2.65. The van der Waals surface area contributed by atoms with Gasteiger partial charge < -0.3 is 30.1 Å². The van der Waals surface area contributed by atoms with Crippen LogP contribution >= 0.6 is 0 Å². The quantitative estimate of drug-likeness (QED) is 0.427. The van der Waals surface area contributed by atoms with E-state index in [0.717, 1.165) is 37.3 Å². The lowest BCUT2D eigenvalue weighted by Gasteiger charge is -2.41. The number of likely N-dealkylation sites (tertiary alicyclic amines) is 1. The second-order valence-corrected chi connectivity index (χ2v) is 9.19. The van der Waals surface area contributed by atoms with Crippen LogP contribution in [-0.2, 0) is 9.53 Å². The number of ether oxygens (including phenoxy) is 1. The van der Waals surface area contributed by atoms with Crippen molar-refractivity contribution < 1.29 is 19.7 Å². The maximum absolute atomic E-state index is 11.9. The van der Waals surface area contributed by atoms with Crippen molar-refractivity contribution in [1.82, 2.24) is 14.9 Å². The number of nitriles is 1. The van der Waals surface area contributed by atoms with Crippen LogP contribution in [0.4, 0.5) is 17.3 Å². The van der Waals surface area contributed by atoms with Crippen LogP contribution in [0.25, 0.3) is 11.3 Å². The maximum Gasteiger partial charge on any atom is 0.248 e. The summed E-state index contributed by atoms with van der Waals surface area (Å²) < 4.78 is 6.05. The predicted molar refractivity (Wildman–Crippen MR) is 137 cm³/mol. The van der Waals surface area contributed by atoms with Gasteiger partial charge in [-0.25, -0.2) is 9.97 Å². The van der Waals surface area contributed by atoms with Crippen LogP contribution in [0.3, 0.4) is 0 Å². The number of benzene rings is 2. The van der Waals surface area contributed by atoms with Gasteiger partial charge in [0.1, 0.15) is 18.4 Å².